The Bertz CT molecular complexity index is 221. The maximum absolute atomic E-state index is 12.3. The molecule has 1 heteroatoms. The molecule has 0 N–H and O–H groups in total. The van der Waals surface area contributed by atoms with E-state index in [9.17, 15) is 4.79 Å². The Kier molecular flexibility index (Phi) is 5.51. The van der Waals surface area contributed by atoms with Gasteiger partial charge in [0.15, 0.2) is 0 Å². The van der Waals surface area contributed by atoms with Crippen molar-refractivity contribution in [2.75, 3.05) is 0 Å². The summed E-state index contributed by atoms with van der Waals surface area (Å²) in [6.45, 7) is 6.71. The van der Waals surface area contributed by atoms with E-state index in [2.05, 4.69) is 20.8 Å². The highest BCUT2D eigenvalue weighted by Crippen LogP contribution is 2.46. The maximum Gasteiger partial charge on any atom is 0.139 e. The monoisotopic (exact) mass is 224 g/mol. The summed E-state index contributed by atoms with van der Waals surface area (Å²) in [5.74, 6) is 1.24. The summed E-state index contributed by atoms with van der Waals surface area (Å²) in [6, 6.07) is 0. The van der Waals surface area contributed by atoms with Gasteiger partial charge >= 0.3 is 0 Å². The van der Waals surface area contributed by atoms with Crippen LogP contribution in [0.1, 0.15) is 78.6 Å². The van der Waals surface area contributed by atoms with Gasteiger partial charge in [-0.3, -0.25) is 4.79 Å². The average molecular weight is 224 g/mol. The van der Waals surface area contributed by atoms with Crippen LogP contribution in [0.2, 0.25) is 0 Å². The topological polar surface area (TPSA) is 17.1 Å². The molecule has 0 aromatic carbocycles. The van der Waals surface area contributed by atoms with E-state index in [0.717, 1.165) is 25.7 Å². The molecule has 0 aromatic heterocycles. The number of ketones is 1. The number of rotatable bonds is 6. The minimum absolute atomic E-state index is 0.0577. The molecule has 1 aliphatic rings. The van der Waals surface area contributed by atoms with E-state index < -0.39 is 0 Å². The fourth-order valence-corrected chi connectivity index (χ4v) is 3.55. The summed E-state index contributed by atoms with van der Waals surface area (Å²) in [5.41, 5.74) is 0.0577. The van der Waals surface area contributed by atoms with Gasteiger partial charge in [-0.05, 0) is 31.6 Å². The lowest BCUT2D eigenvalue weighted by Gasteiger charge is -2.42. The smallest absolute Gasteiger partial charge is 0.139 e. The lowest BCUT2D eigenvalue weighted by atomic mass is 9.60. The third-order valence-electron chi connectivity index (χ3n) is 4.64. The van der Waals surface area contributed by atoms with Crippen molar-refractivity contribution in [2.45, 2.75) is 78.6 Å². The molecule has 0 amide bonds. The largest absolute Gasteiger partial charge is 0.299 e. The number of hydrogen-bond donors (Lipinski definition) is 0. The van der Waals surface area contributed by atoms with E-state index in [1.165, 1.54) is 32.1 Å². The zero-order chi connectivity index (χ0) is 12.0. The van der Waals surface area contributed by atoms with Crippen molar-refractivity contribution in [2.24, 2.45) is 11.3 Å². The fraction of sp³-hybridized carbons (Fsp3) is 0.933. The fourth-order valence-electron chi connectivity index (χ4n) is 3.55. The minimum atomic E-state index is 0.0577. The summed E-state index contributed by atoms with van der Waals surface area (Å²) in [5, 5.41) is 0. The van der Waals surface area contributed by atoms with Gasteiger partial charge in [-0.15, -0.1) is 0 Å². The second-order valence-corrected chi connectivity index (χ2v) is 5.39. The summed E-state index contributed by atoms with van der Waals surface area (Å²) in [4.78, 5) is 12.3. The van der Waals surface area contributed by atoms with Gasteiger partial charge in [0, 0.05) is 11.8 Å². The van der Waals surface area contributed by atoms with Crippen molar-refractivity contribution >= 4 is 5.78 Å². The first-order valence-electron chi connectivity index (χ1n) is 7.24. The van der Waals surface area contributed by atoms with E-state index in [0.29, 0.717) is 11.7 Å². The number of hydrogen-bond acceptors (Lipinski definition) is 1. The molecule has 16 heavy (non-hydrogen) atoms. The highest BCUT2D eigenvalue weighted by molar-refractivity contribution is 5.85. The molecule has 0 aliphatic heterocycles. The number of carbonyl (C=O) groups excluding carboxylic acids is 1. The quantitative estimate of drug-likeness (QED) is 0.595. The van der Waals surface area contributed by atoms with Gasteiger partial charge in [0.25, 0.3) is 0 Å². The van der Waals surface area contributed by atoms with Gasteiger partial charge in [0.05, 0.1) is 0 Å². The molecule has 0 bridgehead atoms. The number of unbranched alkanes of at least 4 members (excludes halogenated alkanes) is 2. The highest BCUT2D eigenvalue weighted by atomic mass is 16.1. The Morgan fingerprint density at radius 1 is 1.25 bits per heavy atom. The Labute approximate surface area is 101 Å². The Hall–Kier alpha value is -0.330. The number of carbonyl (C=O) groups is 1. The molecule has 1 nitrogen and oxygen atoms in total. The first-order chi connectivity index (χ1) is 7.71. The molecule has 1 fully saturated rings. The van der Waals surface area contributed by atoms with E-state index in [-0.39, 0.29) is 5.41 Å². The molecule has 2 unspecified atom stereocenters. The molecule has 94 valence electrons. The summed E-state index contributed by atoms with van der Waals surface area (Å²) in [7, 11) is 0. The van der Waals surface area contributed by atoms with Crippen molar-refractivity contribution in [1.82, 2.24) is 0 Å². The second kappa shape index (κ2) is 6.42. The maximum atomic E-state index is 12.3. The van der Waals surface area contributed by atoms with Crippen LogP contribution in [0.3, 0.4) is 0 Å². The zero-order valence-electron chi connectivity index (χ0n) is 11.3. The molecule has 0 radical (unpaired) electrons. The first-order valence-corrected chi connectivity index (χ1v) is 7.24. The number of Topliss-reactive ketones (excluding diaryl/α,β-unsaturated/α-hetero) is 1. The minimum Gasteiger partial charge on any atom is -0.299 e. The predicted octanol–water partition coefficient (Wildman–Crippen LogP) is 4.74. The highest BCUT2D eigenvalue weighted by Gasteiger charge is 2.43. The second-order valence-electron chi connectivity index (χ2n) is 5.39. The van der Waals surface area contributed by atoms with Crippen molar-refractivity contribution in [1.29, 1.82) is 0 Å². The molecule has 0 heterocycles. The zero-order valence-corrected chi connectivity index (χ0v) is 11.3. The third kappa shape index (κ3) is 2.67. The SMILES string of the molecule is CCCCCC1(CC)C(=O)CCCC1CC. The molecule has 0 saturated heterocycles. The van der Waals surface area contributed by atoms with Crippen LogP contribution in [0.25, 0.3) is 0 Å². The van der Waals surface area contributed by atoms with Crippen LogP contribution in [-0.2, 0) is 4.79 Å². The lowest BCUT2D eigenvalue weighted by Crippen LogP contribution is -2.41. The van der Waals surface area contributed by atoms with Gasteiger partial charge in [-0.25, -0.2) is 0 Å². The van der Waals surface area contributed by atoms with Gasteiger partial charge in [0.1, 0.15) is 5.78 Å². The average Bonchev–Trinajstić information content (AvgIpc) is 2.31. The summed E-state index contributed by atoms with van der Waals surface area (Å²) < 4.78 is 0. The van der Waals surface area contributed by atoms with Crippen molar-refractivity contribution in [3.05, 3.63) is 0 Å². The Balaban J connectivity index is 2.73. The first kappa shape index (κ1) is 13.7. The van der Waals surface area contributed by atoms with E-state index in [4.69, 9.17) is 0 Å². The van der Waals surface area contributed by atoms with E-state index >= 15 is 0 Å². The van der Waals surface area contributed by atoms with E-state index in [1.54, 1.807) is 0 Å². The van der Waals surface area contributed by atoms with Gasteiger partial charge in [-0.1, -0.05) is 46.5 Å². The molecule has 2 atom stereocenters. The molecule has 0 aromatic rings. The molecule has 1 saturated carbocycles. The van der Waals surface area contributed by atoms with Gasteiger partial charge in [-0.2, -0.15) is 0 Å². The summed E-state index contributed by atoms with van der Waals surface area (Å²) in [6.07, 6.45) is 10.4. The van der Waals surface area contributed by atoms with Crippen molar-refractivity contribution in [3.8, 4) is 0 Å². The van der Waals surface area contributed by atoms with Crippen molar-refractivity contribution in [3.63, 3.8) is 0 Å². The standard InChI is InChI=1S/C15H28O/c1-4-7-8-12-15(6-3)13(5-2)10-9-11-14(15)16/h13H,4-12H2,1-3H3. The third-order valence-corrected chi connectivity index (χ3v) is 4.64. The van der Waals surface area contributed by atoms with Crippen LogP contribution < -0.4 is 0 Å². The lowest BCUT2D eigenvalue weighted by molar-refractivity contribution is -0.136. The van der Waals surface area contributed by atoms with Gasteiger partial charge in [0.2, 0.25) is 0 Å². The van der Waals surface area contributed by atoms with Crippen molar-refractivity contribution < 1.29 is 4.79 Å². The van der Waals surface area contributed by atoms with Crippen LogP contribution in [0.5, 0.6) is 0 Å². The van der Waals surface area contributed by atoms with Crippen LogP contribution in [0, 0.1) is 11.3 Å². The van der Waals surface area contributed by atoms with Gasteiger partial charge < -0.3 is 0 Å². The van der Waals surface area contributed by atoms with E-state index in [1.807, 2.05) is 0 Å². The Morgan fingerprint density at radius 3 is 2.56 bits per heavy atom. The molecule has 1 rings (SSSR count). The van der Waals surface area contributed by atoms with Crippen LogP contribution in [0.4, 0.5) is 0 Å². The molecular weight excluding hydrogens is 196 g/mol. The molecular formula is C15H28O. The molecule has 0 spiro atoms. The summed E-state index contributed by atoms with van der Waals surface area (Å²) >= 11 is 0. The van der Waals surface area contributed by atoms with Crippen LogP contribution in [0.15, 0.2) is 0 Å². The predicted molar refractivity (Wildman–Crippen MR) is 69.5 cm³/mol. The van der Waals surface area contributed by atoms with Crippen LogP contribution in [-0.4, -0.2) is 5.78 Å². The van der Waals surface area contributed by atoms with Crippen LogP contribution >= 0.6 is 0 Å². The normalized spacial score (nSPS) is 30.7. The Morgan fingerprint density at radius 2 is 2.00 bits per heavy atom. The molecule has 1 aliphatic carbocycles.